The Kier molecular flexibility index (Phi) is 6.29. The van der Waals surface area contributed by atoms with Crippen LogP contribution in [-0.2, 0) is 6.42 Å². The van der Waals surface area contributed by atoms with Crippen molar-refractivity contribution in [1.29, 1.82) is 0 Å². The Hall–Kier alpha value is -3.86. The first-order chi connectivity index (χ1) is 18.1. The zero-order valence-corrected chi connectivity index (χ0v) is 21.0. The van der Waals surface area contributed by atoms with Gasteiger partial charge >= 0.3 is 0 Å². The van der Waals surface area contributed by atoms with Gasteiger partial charge in [0, 0.05) is 48.8 Å². The Morgan fingerprint density at radius 1 is 1.11 bits per heavy atom. The highest BCUT2D eigenvalue weighted by Gasteiger charge is 2.26. The lowest BCUT2D eigenvalue weighted by Gasteiger charge is -2.32. The minimum Gasteiger partial charge on any atom is -0.393 e. The van der Waals surface area contributed by atoms with E-state index in [2.05, 4.69) is 43.2 Å². The first kappa shape index (κ1) is 23.5. The monoisotopic (exact) mass is 500 g/mol. The second kappa shape index (κ2) is 9.89. The van der Waals surface area contributed by atoms with Gasteiger partial charge in [0.2, 0.25) is 0 Å². The molecule has 0 radical (unpaired) electrons. The van der Waals surface area contributed by atoms with Gasteiger partial charge in [-0.05, 0) is 50.7 Å². The number of aliphatic hydroxyl groups is 1. The standard InChI is InChI=1S/C26H32N10O/c1-2-21-26(31-17-5-6-19(37)12-17)33-23-20(14-28-25(27)24(23)32-21)16-13-30-36(15-16)18-7-10-35(11-8-18)22-4-3-9-29-34-22/h3-4,9,13-15,17-19,37H,2,5-8,10-12H2,1H3,(H2,27,28)(H,31,33)/t17-,19+/m1/s1. The van der Waals surface area contributed by atoms with Crippen LogP contribution in [0.15, 0.2) is 36.9 Å². The first-order valence-corrected chi connectivity index (χ1v) is 13.1. The summed E-state index contributed by atoms with van der Waals surface area (Å²) < 4.78 is 2.05. The van der Waals surface area contributed by atoms with Gasteiger partial charge in [0.05, 0.1) is 24.0 Å². The van der Waals surface area contributed by atoms with Crippen molar-refractivity contribution in [2.45, 2.75) is 63.6 Å². The van der Waals surface area contributed by atoms with Crippen molar-refractivity contribution in [2.75, 3.05) is 29.0 Å². The van der Waals surface area contributed by atoms with Crippen LogP contribution in [0.3, 0.4) is 0 Å². The van der Waals surface area contributed by atoms with E-state index in [1.54, 1.807) is 12.4 Å². The zero-order chi connectivity index (χ0) is 25.4. The molecule has 2 fully saturated rings. The molecule has 4 N–H and O–H groups in total. The molecule has 5 heterocycles. The topological polar surface area (TPSA) is 144 Å². The third-order valence-corrected chi connectivity index (χ3v) is 7.51. The number of hydrogen-bond acceptors (Lipinski definition) is 10. The summed E-state index contributed by atoms with van der Waals surface area (Å²) in [5.74, 6) is 2.04. The van der Waals surface area contributed by atoms with Crippen molar-refractivity contribution >= 4 is 28.5 Å². The van der Waals surface area contributed by atoms with Crippen LogP contribution in [0, 0.1) is 0 Å². The third kappa shape index (κ3) is 4.66. The van der Waals surface area contributed by atoms with Gasteiger partial charge in [-0.2, -0.15) is 10.2 Å². The van der Waals surface area contributed by atoms with E-state index in [0.29, 0.717) is 22.9 Å². The Morgan fingerprint density at radius 3 is 2.70 bits per heavy atom. The van der Waals surface area contributed by atoms with E-state index in [1.807, 2.05) is 18.3 Å². The predicted octanol–water partition coefficient (Wildman–Crippen LogP) is 2.99. The van der Waals surface area contributed by atoms with Gasteiger partial charge in [-0.25, -0.2) is 15.0 Å². The van der Waals surface area contributed by atoms with E-state index in [4.69, 9.17) is 20.8 Å². The van der Waals surface area contributed by atoms with Gasteiger partial charge in [0.1, 0.15) is 16.9 Å². The van der Waals surface area contributed by atoms with Gasteiger partial charge in [0.25, 0.3) is 0 Å². The molecule has 4 aromatic rings. The molecule has 11 nitrogen and oxygen atoms in total. The smallest absolute Gasteiger partial charge is 0.151 e. The van der Waals surface area contributed by atoms with Crippen LogP contribution < -0.4 is 16.0 Å². The summed E-state index contributed by atoms with van der Waals surface area (Å²) in [5.41, 5.74) is 10.2. The second-order valence-corrected chi connectivity index (χ2v) is 9.94. The van der Waals surface area contributed by atoms with Crippen LogP contribution >= 0.6 is 0 Å². The molecule has 0 bridgehead atoms. The Balaban J connectivity index is 1.27. The number of nitrogen functional groups attached to an aromatic ring is 1. The molecule has 2 atom stereocenters. The molecule has 0 unspecified atom stereocenters. The minimum atomic E-state index is -0.260. The fraction of sp³-hybridized carbons (Fsp3) is 0.462. The number of hydrogen-bond donors (Lipinski definition) is 3. The molecule has 1 saturated heterocycles. The molecule has 0 spiro atoms. The van der Waals surface area contributed by atoms with E-state index in [9.17, 15) is 5.11 Å². The van der Waals surface area contributed by atoms with Gasteiger partial charge in [-0.15, -0.1) is 5.10 Å². The van der Waals surface area contributed by atoms with E-state index in [1.165, 1.54) is 0 Å². The van der Waals surface area contributed by atoms with E-state index in [0.717, 1.165) is 80.1 Å². The number of fused-ring (bicyclic) bond motifs is 1. The summed E-state index contributed by atoms with van der Waals surface area (Å²) in [6, 6.07) is 4.41. The molecule has 1 saturated carbocycles. The Labute approximate surface area is 215 Å². The highest BCUT2D eigenvalue weighted by atomic mass is 16.3. The van der Waals surface area contributed by atoms with Crippen LogP contribution in [0.1, 0.15) is 50.8 Å². The van der Waals surface area contributed by atoms with Crippen LogP contribution in [0.2, 0.25) is 0 Å². The number of pyridine rings is 1. The number of aliphatic hydroxyl groups excluding tert-OH is 1. The van der Waals surface area contributed by atoms with Crippen molar-refractivity contribution in [1.82, 2.24) is 34.9 Å². The number of aryl methyl sites for hydroxylation is 1. The molecular weight excluding hydrogens is 468 g/mol. The summed E-state index contributed by atoms with van der Waals surface area (Å²) in [7, 11) is 0. The lowest BCUT2D eigenvalue weighted by Crippen LogP contribution is -2.35. The third-order valence-electron chi connectivity index (χ3n) is 7.51. The van der Waals surface area contributed by atoms with E-state index >= 15 is 0 Å². The fourth-order valence-electron chi connectivity index (χ4n) is 5.45. The quantitative estimate of drug-likeness (QED) is 0.361. The van der Waals surface area contributed by atoms with Crippen LogP contribution in [-0.4, -0.2) is 65.3 Å². The summed E-state index contributed by atoms with van der Waals surface area (Å²) in [6.45, 7) is 3.86. The summed E-state index contributed by atoms with van der Waals surface area (Å²) in [6.07, 6.45) is 12.2. The number of nitrogens with zero attached hydrogens (tertiary/aromatic N) is 8. The van der Waals surface area contributed by atoms with Crippen molar-refractivity contribution < 1.29 is 5.11 Å². The number of rotatable bonds is 6. The van der Waals surface area contributed by atoms with Gasteiger partial charge in [0.15, 0.2) is 11.6 Å². The average Bonchev–Trinajstić information content (AvgIpc) is 3.58. The molecule has 4 aromatic heterocycles. The van der Waals surface area contributed by atoms with Gasteiger partial charge in [-0.1, -0.05) is 6.92 Å². The first-order valence-electron chi connectivity index (χ1n) is 13.1. The van der Waals surface area contributed by atoms with Crippen LogP contribution in [0.25, 0.3) is 22.2 Å². The number of nitrogens with two attached hydrogens (primary N) is 1. The van der Waals surface area contributed by atoms with Crippen LogP contribution in [0.4, 0.5) is 17.5 Å². The van der Waals surface area contributed by atoms with Crippen molar-refractivity contribution in [3.63, 3.8) is 0 Å². The maximum atomic E-state index is 9.97. The fourth-order valence-corrected chi connectivity index (χ4v) is 5.45. The predicted molar refractivity (Wildman–Crippen MR) is 142 cm³/mol. The molecule has 11 heteroatoms. The maximum Gasteiger partial charge on any atom is 0.151 e. The van der Waals surface area contributed by atoms with E-state index in [-0.39, 0.29) is 12.1 Å². The van der Waals surface area contributed by atoms with Gasteiger partial charge in [-0.3, -0.25) is 4.68 Å². The second-order valence-electron chi connectivity index (χ2n) is 9.94. The van der Waals surface area contributed by atoms with Crippen molar-refractivity contribution in [2.24, 2.45) is 0 Å². The summed E-state index contributed by atoms with van der Waals surface area (Å²) in [5, 5.41) is 26.4. The molecule has 6 rings (SSSR count). The number of anilines is 3. The number of aromatic nitrogens is 7. The van der Waals surface area contributed by atoms with E-state index < -0.39 is 0 Å². The Bertz CT molecular complexity index is 1380. The molecule has 1 aliphatic carbocycles. The van der Waals surface area contributed by atoms with Crippen LogP contribution in [0.5, 0.6) is 0 Å². The molecule has 0 amide bonds. The average molecular weight is 501 g/mol. The summed E-state index contributed by atoms with van der Waals surface area (Å²) >= 11 is 0. The number of piperidine rings is 1. The largest absolute Gasteiger partial charge is 0.393 e. The van der Waals surface area contributed by atoms with Gasteiger partial charge < -0.3 is 21.1 Å². The number of nitrogens with one attached hydrogen (secondary N) is 1. The zero-order valence-electron chi connectivity index (χ0n) is 21.0. The molecule has 192 valence electrons. The highest BCUT2D eigenvalue weighted by Crippen LogP contribution is 2.33. The lowest BCUT2D eigenvalue weighted by atomic mass is 10.1. The Morgan fingerprint density at radius 2 is 1.97 bits per heavy atom. The SMILES string of the molecule is CCc1nc2c(N)ncc(-c3cnn(C4CCN(c5cccnn5)CC4)c3)c2nc1N[C@@H]1CC[C@H](O)C1. The maximum absolute atomic E-state index is 9.97. The minimum absolute atomic E-state index is 0.185. The molecule has 0 aromatic carbocycles. The normalized spacial score (nSPS) is 20.5. The highest BCUT2D eigenvalue weighted by molar-refractivity contribution is 5.96. The lowest BCUT2D eigenvalue weighted by molar-refractivity contribution is 0.182. The molecule has 2 aliphatic rings. The van der Waals surface area contributed by atoms with Crippen molar-refractivity contribution in [3.05, 3.63) is 42.6 Å². The molecule has 37 heavy (non-hydrogen) atoms. The molecule has 1 aliphatic heterocycles. The molecular formula is C26H32N10O. The summed E-state index contributed by atoms with van der Waals surface area (Å²) in [4.78, 5) is 16.6. The van der Waals surface area contributed by atoms with Crippen molar-refractivity contribution in [3.8, 4) is 11.1 Å².